The molecule has 0 spiro atoms. The second-order valence-electron chi connectivity index (χ2n) is 5.81. The monoisotopic (exact) mass is 287 g/mol. The van der Waals surface area contributed by atoms with Crippen molar-refractivity contribution in [1.82, 2.24) is 5.32 Å². The lowest BCUT2D eigenvalue weighted by Crippen LogP contribution is -2.20. The zero-order chi connectivity index (χ0) is 15.0. The van der Waals surface area contributed by atoms with Gasteiger partial charge in [0, 0.05) is 17.7 Å². The molecule has 0 aromatic heterocycles. The van der Waals surface area contributed by atoms with Crippen LogP contribution in [0.15, 0.2) is 42.5 Å². The first-order valence-electron chi connectivity index (χ1n) is 7.29. The standard InChI is InChI=1S/C18H19F2N/c1-11-8-15(17(20)10-16(11)19)18(21-2)14-9-13(14)12-6-4-3-5-7-12/h3-8,10,13-14,18,21H,9H2,1-2H3. The minimum Gasteiger partial charge on any atom is -0.313 e. The Labute approximate surface area is 124 Å². The molecule has 1 N–H and O–H groups in total. The second-order valence-corrected chi connectivity index (χ2v) is 5.81. The molecule has 2 aromatic rings. The highest BCUT2D eigenvalue weighted by atomic mass is 19.1. The predicted molar refractivity (Wildman–Crippen MR) is 80.2 cm³/mol. The van der Waals surface area contributed by atoms with Crippen molar-refractivity contribution in [3.05, 3.63) is 70.8 Å². The van der Waals surface area contributed by atoms with Gasteiger partial charge in [-0.25, -0.2) is 8.78 Å². The molecule has 3 atom stereocenters. The number of hydrogen-bond acceptors (Lipinski definition) is 1. The summed E-state index contributed by atoms with van der Waals surface area (Å²) in [6, 6.07) is 12.8. The minimum atomic E-state index is -0.485. The number of aryl methyl sites for hydroxylation is 1. The van der Waals surface area contributed by atoms with Gasteiger partial charge in [0.15, 0.2) is 0 Å². The van der Waals surface area contributed by atoms with Gasteiger partial charge in [-0.05, 0) is 49.4 Å². The van der Waals surface area contributed by atoms with E-state index in [-0.39, 0.29) is 6.04 Å². The fourth-order valence-corrected chi connectivity index (χ4v) is 3.18. The van der Waals surface area contributed by atoms with Gasteiger partial charge in [0.05, 0.1) is 0 Å². The third-order valence-corrected chi connectivity index (χ3v) is 4.42. The van der Waals surface area contributed by atoms with Gasteiger partial charge >= 0.3 is 0 Å². The highest BCUT2D eigenvalue weighted by Gasteiger charge is 2.44. The van der Waals surface area contributed by atoms with E-state index in [1.807, 2.05) is 25.2 Å². The average molecular weight is 287 g/mol. The first-order valence-corrected chi connectivity index (χ1v) is 7.29. The summed E-state index contributed by atoms with van der Waals surface area (Å²) in [5, 5.41) is 3.21. The van der Waals surface area contributed by atoms with Crippen LogP contribution in [0.3, 0.4) is 0 Å². The van der Waals surface area contributed by atoms with Crippen LogP contribution in [0, 0.1) is 24.5 Å². The highest BCUT2D eigenvalue weighted by Crippen LogP contribution is 2.54. The summed E-state index contributed by atoms with van der Waals surface area (Å²) in [4.78, 5) is 0. The van der Waals surface area contributed by atoms with Crippen LogP contribution in [0.5, 0.6) is 0 Å². The Kier molecular flexibility index (Phi) is 3.77. The van der Waals surface area contributed by atoms with E-state index in [4.69, 9.17) is 0 Å². The highest BCUT2D eigenvalue weighted by molar-refractivity contribution is 5.33. The molecule has 1 saturated carbocycles. The lowest BCUT2D eigenvalue weighted by Gasteiger charge is -2.18. The second kappa shape index (κ2) is 5.57. The van der Waals surface area contributed by atoms with Gasteiger partial charge in [-0.2, -0.15) is 0 Å². The summed E-state index contributed by atoms with van der Waals surface area (Å²) in [6.07, 6.45) is 1.03. The summed E-state index contributed by atoms with van der Waals surface area (Å²) in [5.74, 6) is -0.136. The third kappa shape index (κ3) is 2.70. The van der Waals surface area contributed by atoms with E-state index in [9.17, 15) is 8.78 Å². The van der Waals surface area contributed by atoms with Crippen molar-refractivity contribution in [3.63, 3.8) is 0 Å². The van der Waals surface area contributed by atoms with E-state index in [2.05, 4.69) is 17.4 Å². The molecule has 110 valence electrons. The van der Waals surface area contributed by atoms with E-state index < -0.39 is 11.6 Å². The van der Waals surface area contributed by atoms with Crippen LogP contribution in [0.2, 0.25) is 0 Å². The molecule has 0 aliphatic heterocycles. The molecule has 3 unspecified atom stereocenters. The Balaban J connectivity index is 1.86. The van der Waals surface area contributed by atoms with E-state index >= 15 is 0 Å². The van der Waals surface area contributed by atoms with Crippen molar-refractivity contribution < 1.29 is 8.78 Å². The molecule has 3 rings (SSSR count). The van der Waals surface area contributed by atoms with Crippen LogP contribution >= 0.6 is 0 Å². The quantitative estimate of drug-likeness (QED) is 0.882. The fourth-order valence-electron chi connectivity index (χ4n) is 3.18. The largest absolute Gasteiger partial charge is 0.313 e. The summed E-state index contributed by atoms with van der Waals surface area (Å²) < 4.78 is 27.5. The molecular formula is C18H19F2N. The summed E-state index contributed by atoms with van der Waals surface area (Å²) >= 11 is 0. The molecule has 0 radical (unpaired) electrons. The van der Waals surface area contributed by atoms with Crippen LogP contribution in [-0.4, -0.2) is 7.05 Å². The topological polar surface area (TPSA) is 12.0 Å². The first kappa shape index (κ1) is 14.2. The van der Waals surface area contributed by atoms with Crippen molar-refractivity contribution in [2.24, 2.45) is 5.92 Å². The maximum atomic E-state index is 14.1. The van der Waals surface area contributed by atoms with Gasteiger partial charge in [-0.3, -0.25) is 0 Å². The normalized spacial score (nSPS) is 22.1. The Morgan fingerprint density at radius 1 is 1.10 bits per heavy atom. The lowest BCUT2D eigenvalue weighted by atomic mass is 9.97. The Morgan fingerprint density at radius 3 is 2.48 bits per heavy atom. The van der Waals surface area contributed by atoms with E-state index in [1.165, 1.54) is 5.56 Å². The number of halogens is 2. The summed E-state index contributed by atoms with van der Waals surface area (Å²) in [7, 11) is 1.84. The summed E-state index contributed by atoms with van der Waals surface area (Å²) in [6.45, 7) is 1.67. The number of rotatable bonds is 4. The zero-order valence-corrected chi connectivity index (χ0v) is 12.2. The van der Waals surface area contributed by atoms with Crippen molar-refractivity contribution in [1.29, 1.82) is 0 Å². The average Bonchev–Trinajstić information content (AvgIpc) is 3.26. The molecular weight excluding hydrogens is 268 g/mol. The van der Waals surface area contributed by atoms with Crippen molar-refractivity contribution in [2.45, 2.75) is 25.3 Å². The number of nitrogens with one attached hydrogen (secondary N) is 1. The van der Waals surface area contributed by atoms with Crippen LogP contribution in [0.1, 0.15) is 35.1 Å². The molecule has 0 bridgehead atoms. The van der Waals surface area contributed by atoms with Gasteiger partial charge in [-0.15, -0.1) is 0 Å². The SMILES string of the molecule is CNC(c1cc(C)c(F)cc1F)C1CC1c1ccccc1. The molecule has 1 aliphatic rings. The van der Waals surface area contributed by atoms with Crippen molar-refractivity contribution in [2.75, 3.05) is 7.05 Å². The fraction of sp³-hybridized carbons (Fsp3) is 0.333. The minimum absolute atomic E-state index is 0.0745. The molecule has 0 saturated heterocycles. The first-order chi connectivity index (χ1) is 10.1. The van der Waals surface area contributed by atoms with Gasteiger partial charge in [-0.1, -0.05) is 30.3 Å². The molecule has 2 aromatic carbocycles. The molecule has 0 amide bonds. The van der Waals surface area contributed by atoms with Crippen molar-refractivity contribution in [3.8, 4) is 0 Å². The van der Waals surface area contributed by atoms with Gasteiger partial charge in [0.2, 0.25) is 0 Å². The van der Waals surface area contributed by atoms with Crippen molar-refractivity contribution >= 4 is 0 Å². The lowest BCUT2D eigenvalue weighted by molar-refractivity contribution is 0.478. The number of hydrogen-bond donors (Lipinski definition) is 1. The predicted octanol–water partition coefficient (Wildman–Crippen LogP) is 4.34. The molecule has 21 heavy (non-hydrogen) atoms. The van der Waals surface area contributed by atoms with Crippen LogP contribution < -0.4 is 5.32 Å². The maximum absolute atomic E-state index is 14.1. The van der Waals surface area contributed by atoms with Crippen LogP contribution in [0.4, 0.5) is 8.78 Å². The van der Waals surface area contributed by atoms with E-state index in [0.717, 1.165) is 12.5 Å². The Hall–Kier alpha value is -1.74. The number of benzene rings is 2. The molecule has 1 nitrogen and oxygen atoms in total. The van der Waals surface area contributed by atoms with Crippen LogP contribution in [0.25, 0.3) is 0 Å². The smallest absolute Gasteiger partial charge is 0.130 e. The molecule has 1 fully saturated rings. The summed E-state index contributed by atoms with van der Waals surface area (Å²) in [5.41, 5.74) is 2.35. The van der Waals surface area contributed by atoms with Gasteiger partial charge < -0.3 is 5.32 Å². The maximum Gasteiger partial charge on any atom is 0.130 e. The Morgan fingerprint density at radius 2 is 1.81 bits per heavy atom. The zero-order valence-electron chi connectivity index (χ0n) is 12.2. The van der Waals surface area contributed by atoms with E-state index in [1.54, 1.807) is 13.0 Å². The third-order valence-electron chi connectivity index (χ3n) is 4.42. The Bertz CT molecular complexity index is 639. The van der Waals surface area contributed by atoms with E-state index in [0.29, 0.717) is 23.0 Å². The van der Waals surface area contributed by atoms with Gasteiger partial charge in [0.1, 0.15) is 11.6 Å². The molecule has 1 aliphatic carbocycles. The molecule has 0 heterocycles. The molecule has 3 heteroatoms. The van der Waals surface area contributed by atoms with Crippen LogP contribution in [-0.2, 0) is 0 Å². The van der Waals surface area contributed by atoms with Gasteiger partial charge in [0.25, 0.3) is 0 Å².